The Kier molecular flexibility index (Phi) is 5.08. The monoisotopic (exact) mass is 329 g/mol. The molecule has 0 radical (unpaired) electrons. The van der Waals surface area contributed by atoms with Gasteiger partial charge in [0, 0.05) is 12.0 Å². The minimum absolute atomic E-state index is 0.0140. The summed E-state index contributed by atoms with van der Waals surface area (Å²) < 4.78 is 0. The van der Waals surface area contributed by atoms with E-state index in [0.717, 1.165) is 29.1 Å². The van der Waals surface area contributed by atoms with Crippen LogP contribution in [0.1, 0.15) is 38.5 Å². The Balaban J connectivity index is 1.70. The van der Waals surface area contributed by atoms with Crippen LogP contribution in [0.15, 0.2) is 35.8 Å². The predicted octanol–water partition coefficient (Wildman–Crippen LogP) is 4.05. The molecular formula is C18H23N3OS. The topological polar surface area (TPSA) is 68.0 Å². The van der Waals surface area contributed by atoms with E-state index in [1.165, 1.54) is 30.6 Å². The molecule has 0 unspecified atom stereocenters. The first-order valence-electron chi connectivity index (χ1n) is 8.21. The number of anilines is 1. The van der Waals surface area contributed by atoms with E-state index in [2.05, 4.69) is 10.3 Å². The Morgan fingerprint density at radius 2 is 1.96 bits per heavy atom. The van der Waals surface area contributed by atoms with Crippen molar-refractivity contribution in [3.63, 3.8) is 0 Å². The number of thiazole rings is 1. The van der Waals surface area contributed by atoms with Gasteiger partial charge in [0.1, 0.15) is 10.7 Å². The second kappa shape index (κ2) is 7.23. The zero-order valence-electron chi connectivity index (χ0n) is 13.3. The van der Waals surface area contributed by atoms with Crippen LogP contribution in [0.2, 0.25) is 0 Å². The van der Waals surface area contributed by atoms with Crippen LogP contribution < -0.4 is 11.1 Å². The minimum atomic E-state index is -0.0140. The fourth-order valence-electron chi connectivity index (χ4n) is 3.40. The average Bonchev–Trinajstić information content (AvgIpc) is 3.04. The lowest BCUT2D eigenvalue weighted by Gasteiger charge is -2.35. The van der Waals surface area contributed by atoms with Gasteiger partial charge in [-0.15, -0.1) is 11.3 Å². The van der Waals surface area contributed by atoms with Crippen LogP contribution in [0.5, 0.6) is 0 Å². The molecule has 0 aliphatic heterocycles. The van der Waals surface area contributed by atoms with Crippen LogP contribution >= 0.6 is 11.3 Å². The molecule has 1 heterocycles. The number of carbonyl (C=O) groups is 1. The van der Waals surface area contributed by atoms with E-state index in [1.54, 1.807) is 5.51 Å². The molecule has 0 bridgehead atoms. The van der Waals surface area contributed by atoms with Crippen LogP contribution in [0, 0.1) is 5.41 Å². The third-order valence-electron chi connectivity index (χ3n) is 4.75. The van der Waals surface area contributed by atoms with Gasteiger partial charge in [-0.05, 0) is 24.8 Å². The first-order valence-corrected chi connectivity index (χ1v) is 9.09. The number of hydrogen-bond acceptors (Lipinski definition) is 4. The van der Waals surface area contributed by atoms with Gasteiger partial charge in [0.2, 0.25) is 5.91 Å². The Bertz CT molecular complexity index is 647. The maximum absolute atomic E-state index is 12.5. The molecule has 122 valence electrons. The molecule has 5 heteroatoms. The van der Waals surface area contributed by atoms with Crippen molar-refractivity contribution in [1.82, 2.24) is 4.98 Å². The summed E-state index contributed by atoms with van der Waals surface area (Å²) in [5.74, 6) is 0.0544. The van der Waals surface area contributed by atoms with Crippen molar-refractivity contribution < 1.29 is 4.79 Å². The van der Waals surface area contributed by atoms with Crippen molar-refractivity contribution in [2.24, 2.45) is 11.1 Å². The molecule has 0 atom stereocenters. The fourth-order valence-corrected chi connectivity index (χ4v) is 4.12. The van der Waals surface area contributed by atoms with Gasteiger partial charge in [0.15, 0.2) is 0 Å². The number of aromatic nitrogens is 1. The molecular weight excluding hydrogens is 306 g/mol. The molecule has 4 nitrogen and oxygen atoms in total. The third kappa shape index (κ3) is 3.79. The first kappa shape index (κ1) is 16.1. The molecule has 23 heavy (non-hydrogen) atoms. The second-order valence-corrected chi connectivity index (χ2v) is 7.24. The molecule has 1 aliphatic rings. The van der Waals surface area contributed by atoms with Crippen LogP contribution in [0.3, 0.4) is 0 Å². The molecule has 0 spiro atoms. The molecule has 2 aromatic rings. The van der Waals surface area contributed by atoms with Crippen molar-refractivity contribution in [2.75, 3.05) is 11.9 Å². The SMILES string of the molecule is NCC1(CC(=O)Nc2scnc2-c2ccccc2)CCCCC1. The number of rotatable bonds is 5. The summed E-state index contributed by atoms with van der Waals surface area (Å²) in [7, 11) is 0. The number of nitrogens with zero attached hydrogens (tertiary/aromatic N) is 1. The summed E-state index contributed by atoms with van der Waals surface area (Å²) in [5, 5.41) is 3.88. The Morgan fingerprint density at radius 3 is 2.65 bits per heavy atom. The molecule has 1 amide bonds. The van der Waals surface area contributed by atoms with E-state index in [1.807, 2.05) is 30.3 Å². The fraction of sp³-hybridized carbons (Fsp3) is 0.444. The summed E-state index contributed by atoms with van der Waals surface area (Å²) in [4.78, 5) is 16.9. The van der Waals surface area contributed by atoms with E-state index < -0.39 is 0 Å². The second-order valence-electron chi connectivity index (χ2n) is 6.39. The Labute approximate surface area is 141 Å². The van der Waals surface area contributed by atoms with Gasteiger partial charge in [-0.3, -0.25) is 4.79 Å². The quantitative estimate of drug-likeness (QED) is 0.869. The van der Waals surface area contributed by atoms with Gasteiger partial charge in [0.05, 0.1) is 5.51 Å². The predicted molar refractivity (Wildman–Crippen MR) is 95.4 cm³/mol. The van der Waals surface area contributed by atoms with Crippen molar-refractivity contribution in [2.45, 2.75) is 38.5 Å². The van der Waals surface area contributed by atoms with Crippen LogP contribution in [-0.4, -0.2) is 17.4 Å². The average molecular weight is 329 g/mol. The molecule has 1 fully saturated rings. The summed E-state index contributed by atoms with van der Waals surface area (Å²) in [6.45, 7) is 0.592. The highest BCUT2D eigenvalue weighted by molar-refractivity contribution is 7.14. The van der Waals surface area contributed by atoms with E-state index in [-0.39, 0.29) is 11.3 Å². The molecule has 3 rings (SSSR count). The Morgan fingerprint density at radius 1 is 1.22 bits per heavy atom. The molecule has 3 N–H and O–H groups in total. The maximum Gasteiger partial charge on any atom is 0.225 e. The molecule has 1 aliphatic carbocycles. The van der Waals surface area contributed by atoms with Crippen molar-refractivity contribution in [1.29, 1.82) is 0 Å². The van der Waals surface area contributed by atoms with Crippen molar-refractivity contribution in [3.8, 4) is 11.3 Å². The van der Waals surface area contributed by atoms with Crippen molar-refractivity contribution >= 4 is 22.2 Å². The first-order chi connectivity index (χ1) is 11.2. The number of carbonyl (C=O) groups excluding carboxylic acids is 1. The highest BCUT2D eigenvalue weighted by atomic mass is 32.1. The van der Waals surface area contributed by atoms with E-state index >= 15 is 0 Å². The number of nitrogens with two attached hydrogens (primary N) is 1. The number of nitrogens with one attached hydrogen (secondary N) is 1. The number of benzene rings is 1. The van der Waals surface area contributed by atoms with Gasteiger partial charge in [-0.2, -0.15) is 0 Å². The van der Waals surface area contributed by atoms with Crippen LogP contribution in [-0.2, 0) is 4.79 Å². The zero-order chi connectivity index (χ0) is 16.1. The van der Waals surface area contributed by atoms with Gasteiger partial charge in [-0.1, -0.05) is 49.6 Å². The van der Waals surface area contributed by atoms with Gasteiger partial charge >= 0.3 is 0 Å². The smallest absolute Gasteiger partial charge is 0.225 e. The summed E-state index contributed by atoms with van der Waals surface area (Å²) in [5.41, 5.74) is 9.62. The van der Waals surface area contributed by atoms with Gasteiger partial charge in [-0.25, -0.2) is 4.98 Å². The van der Waals surface area contributed by atoms with Gasteiger partial charge < -0.3 is 11.1 Å². The highest BCUT2D eigenvalue weighted by Gasteiger charge is 2.33. The number of amides is 1. The van der Waals surface area contributed by atoms with Crippen molar-refractivity contribution in [3.05, 3.63) is 35.8 Å². The molecule has 1 aromatic heterocycles. The van der Waals surface area contributed by atoms with E-state index in [0.29, 0.717) is 13.0 Å². The third-order valence-corrected chi connectivity index (χ3v) is 5.49. The lowest BCUT2D eigenvalue weighted by molar-refractivity contribution is -0.118. The standard InChI is InChI=1S/C18H23N3OS/c19-12-18(9-5-2-6-10-18)11-15(22)21-17-16(20-13-23-17)14-7-3-1-4-8-14/h1,3-4,7-8,13H,2,5-6,9-12,19H2,(H,21,22). The zero-order valence-corrected chi connectivity index (χ0v) is 14.1. The molecule has 0 saturated heterocycles. The lowest BCUT2D eigenvalue weighted by atomic mass is 9.72. The summed E-state index contributed by atoms with van der Waals surface area (Å²) >= 11 is 1.47. The van der Waals surface area contributed by atoms with Gasteiger partial charge in [0.25, 0.3) is 0 Å². The maximum atomic E-state index is 12.5. The normalized spacial score (nSPS) is 16.9. The van der Waals surface area contributed by atoms with Crippen LogP contribution in [0.4, 0.5) is 5.00 Å². The minimum Gasteiger partial charge on any atom is -0.330 e. The number of hydrogen-bond donors (Lipinski definition) is 2. The van der Waals surface area contributed by atoms with Crippen LogP contribution in [0.25, 0.3) is 11.3 Å². The Hall–Kier alpha value is -1.72. The largest absolute Gasteiger partial charge is 0.330 e. The summed E-state index contributed by atoms with van der Waals surface area (Å²) in [6, 6.07) is 9.94. The lowest BCUT2D eigenvalue weighted by Crippen LogP contribution is -2.36. The molecule has 1 aromatic carbocycles. The summed E-state index contributed by atoms with van der Waals surface area (Å²) in [6.07, 6.45) is 6.25. The highest BCUT2D eigenvalue weighted by Crippen LogP contribution is 2.39. The van der Waals surface area contributed by atoms with E-state index in [4.69, 9.17) is 5.73 Å². The van der Waals surface area contributed by atoms with E-state index in [9.17, 15) is 4.79 Å². The molecule has 1 saturated carbocycles.